The van der Waals surface area contributed by atoms with Crippen molar-refractivity contribution in [3.05, 3.63) is 40.2 Å². The zero-order chi connectivity index (χ0) is 16.4. The van der Waals surface area contributed by atoms with Gasteiger partial charge in [-0.15, -0.1) is 0 Å². The quantitative estimate of drug-likeness (QED) is 0.947. The number of carbonyl (C=O) groups excluding carboxylic acids is 1. The van der Waals surface area contributed by atoms with Crippen LogP contribution < -0.4 is 10.2 Å². The number of piperidine rings is 1. The minimum absolute atomic E-state index is 0.179. The Bertz CT molecular complexity index is 781. The van der Waals surface area contributed by atoms with Crippen molar-refractivity contribution in [1.82, 2.24) is 9.88 Å². The van der Waals surface area contributed by atoms with Crippen LogP contribution in [0.15, 0.2) is 29.2 Å². The number of ether oxygens (including phenoxy) is 1. The van der Waals surface area contributed by atoms with E-state index in [1.165, 1.54) is 6.20 Å². The topological polar surface area (TPSA) is 62.4 Å². The molecule has 1 fully saturated rings. The number of aromatic amines is 1. The second kappa shape index (κ2) is 6.44. The van der Waals surface area contributed by atoms with Crippen LogP contribution in [0.4, 0.5) is 0 Å². The standard InChI is InChI=1S/C18H22N2O3/c1-3-23-13-6-7-16-14(9-13)17(21)15(10-19-16)18(22)20-8-4-5-12(2)11-20/h6-7,9-10,12H,3-5,8,11H2,1-2H3,(H,19,21). The van der Waals surface area contributed by atoms with Crippen molar-refractivity contribution in [2.24, 2.45) is 5.92 Å². The van der Waals surface area contributed by atoms with E-state index in [1.807, 2.05) is 13.0 Å². The van der Waals surface area contributed by atoms with Gasteiger partial charge in [-0.05, 0) is 43.9 Å². The van der Waals surface area contributed by atoms with E-state index in [2.05, 4.69) is 11.9 Å². The average Bonchev–Trinajstić information content (AvgIpc) is 2.55. The van der Waals surface area contributed by atoms with Crippen molar-refractivity contribution in [2.45, 2.75) is 26.7 Å². The largest absolute Gasteiger partial charge is 0.494 e. The molecule has 2 aromatic rings. The number of likely N-dealkylation sites (tertiary alicyclic amines) is 1. The van der Waals surface area contributed by atoms with Crippen LogP contribution in [-0.4, -0.2) is 35.5 Å². The second-order valence-corrected chi connectivity index (χ2v) is 6.17. The van der Waals surface area contributed by atoms with Crippen LogP contribution in [0.25, 0.3) is 10.9 Å². The summed E-state index contributed by atoms with van der Waals surface area (Å²) in [5.41, 5.74) is 0.686. The minimum Gasteiger partial charge on any atom is -0.494 e. The molecule has 23 heavy (non-hydrogen) atoms. The molecule has 1 amide bonds. The second-order valence-electron chi connectivity index (χ2n) is 6.17. The van der Waals surface area contributed by atoms with Gasteiger partial charge in [-0.3, -0.25) is 9.59 Å². The molecular weight excluding hydrogens is 292 g/mol. The van der Waals surface area contributed by atoms with Crippen LogP contribution in [0.2, 0.25) is 0 Å². The Morgan fingerprint density at radius 2 is 2.26 bits per heavy atom. The molecule has 0 saturated carbocycles. The average molecular weight is 314 g/mol. The molecule has 1 saturated heterocycles. The van der Waals surface area contributed by atoms with Crippen LogP contribution in [0.3, 0.4) is 0 Å². The van der Waals surface area contributed by atoms with Crippen LogP contribution >= 0.6 is 0 Å². The SMILES string of the molecule is CCOc1ccc2[nH]cc(C(=O)N3CCCC(C)C3)c(=O)c2c1. The maximum atomic E-state index is 12.7. The van der Waals surface area contributed by atoms with Crippen molar-refractivity contribution < 1.29 is 9.53 Å². The molecular formula is C18H22N2O3. The summed E-state index contributed by atoms with van der Waals surface area (Å²) in [5.74, 6) is 0.944. The van der Waals surface area contributed by atoms with Gasteiger partial charge in [0.2, 0.25) is 5.43 Å². The first-order valence-electron chi connectivity index (χ1n) is 8.17. The molecule has 0 bridgehead atoms. The summed E-state index contributed by atoms with van der Waals surface area (Å²) in [7, 11) is 0. The molecule has 1 atom stereocenters. The molecule has 0 radical (unpaired) electrons. The van der Waals surface area contributed by atoms with Gasteiger partial charge in [0.25, 0.3) is 5.91 Å². The Labute approximate surface area is 135 Å². The Balaban J connectivity index is 1.99. The van der Waals surface area contributed by atoms with Gasteiger partial charge in [0, 0.05) is 30.2 Å². The summed E-state index contributed by atoms with van der Waals surface area (Å²) in [4.78, 5) is 30.3. The number of hydrogen-bond acceptors (Lipinski definition) is 3. The number of pyridine rings is 1. The molecule has 2 heterocycles. The van der Waals surface area contributed by atoms with Crippen LogP contribution in [0.1, 0.15) is 37.0 Å². The van der Waals surface area contributed by atoms with E-state index in [4.69, 9.17) is 4.74 Å². The minimum atomic E-state index is -0.233. The lowest BCUT2D eigenvalue weighted by atomic mass is 9.99. The predicted molar refractivity (Wildman–Crippen MR) is 90.0 cm³/mol. The van der Waals surface area contributed by atoms with E-state index < -0.39 is 0 Å². The molecule has 122 valence electrons. The van der Waals surface area contributed by atoms with Gasteiger partial charge in [-0.25, -0.2) is 0 Å². The third kappa shape index (κ3) is 3.09. The maximum absolute atomic E-state index is 12.7. The summed E-state index contributed by atoms with van der Waals surface area (Å²) >= 11 is 0. The number of amides is 1. The Hall–Kier alpha value is -2.30. The lowest BCUT2D eigenvalue weighted by Crippen LogP contribution is -2.41. The molecule has 1 unspecified atom stereocenters. The third-order valence-corrected chi connectivity index (χ3v) is 4.34. The molecule has 1 aromatic carbocycles. The first-order chi connectivity index (χ1) is 11.1. The zero-order valence-corrected chi connectivity index (χ0v) is 13.6. The molecule has 5 nitrogen and oxygen atoms in total. The van der Waals surface area contributed by atoms with Gasteiger partial charge in [0.15, 0.2) is 0 Å². The van der Waals surface area contributed by atoms with E-state index in [0.29, 0.717) is 29.2 Å². The molecule has 5 heteroatoms. The van der Waals surface area contributed by atoms with Gasteiger partial charge in [0.1, 0.15) is 11.3 Å². The number of nitrogens with zero attached hydrogens (tertiary/aromatic N) is 1. The van der Waals surface area contributed by atoms with Gasteiger partial charge in [-0.1, -0.05) is 6.92 Å². The molecule has 1 aliphatic heterocycles. The molecule has 1 N–H and O–H groups in total. The monoisotopic (exact) mass is 314 g/mol. The Morgan fingerprint density at radius 1 is 1.43 bits per heavy atom. The summed E-state index contributed by atoms with van der Waals surface area (Å²) in [6.07, 6.45) is 3.66. The van der Waals surface area contributed by atoms with Gasteiger partial charge in [0.05, 0.1) is 6.61 Å². The molecule has 1 aromatic heterocycles. The number of aromatic nitrogens is 1. The van der Waals surface area contributed by atoms with E-state index in [1.54, 1.807) is 17.0 Å². The van der Waals surface area contributed by atoms with Crippen LogP contribution in [0, 0.1) is 5.92 Å². The van der Waals surface area contributed by atoms with Crippen molar-refractivity contribution >= 4 is 16.8 Å². The normalized spacial score (nSPS) is 18.2. The molecule has 0 spiro atoms. The number of benzene rings is 1. The first kappa shape index (κ1) is 15.6. The number of carbonyl (C=O) groups is 1. The molecule has 0 aliphatic carbocycles. The van der Waals surface area contributed by atoms with Gasteiger partial charge >= 0.3 is 0 Å². The van der Waals surface area contributed by atoms with Gasteiger partial charge in [-0.2, -0.15) is 0 Å². The van der Waals surface area contributed by atoms with Crippen LogP contribution in [-0.2, 0) is 0 Å². The molecule has 3 rings (SSSR count). The Kier molecular flexibility index (Phi) is 4.37. The highest BCUT2D eigenvalue weighted by Crippen LogP contribution is 2.20. The number of nitrogens with one attached hydrogen (secondary N) is 1. The number of hydrogen-bond donors (Lipinski definition) is 1. The lowest BCUT2D eigenvalue weighted by Gasteiger charge is -2.30. The fourth-order valence-corrected chi connectivity index (χ4v) is 3.16. The summed E-state index contributed by atoms with van der Waals surface area (Å²) in [5, 5.41) is 0.492. The maximum Gasteiger partial charge on any atom is 0.259 e. The van der Waals surface area contributed by atoms with E-state index in [0.717, 1.165) is 25.9 Å². The lowest BCUT2D eigenvalue weighted by molar-refractivity contribution is 0.0681. The number of rotatable bonds is 3. The highest BCUT2D eigenvalue weighted by Gasteiger charge is 2.24. The van der Waals surface area contributed by atoms with Crippen LogP contribution in [0.5, 0.6) is 5.75 Å². The summed E-state index contributed by atoms with van der Waals surface area (Å²) in [6, 6.07) is 5.32. The van der Waals surface area contributed by atoms with E-state index >= 15 is 0 Å². The fourth-order valence-electron chi connectivity index (χ4n) is 3.16. The van der Waals surface area contributed by atoms with Crippen molar-refractivity contribution in [2.75, 3.05) is 19.7 Å². The van der Waals surface area contributed by atoms with Crippen molar-refractivity contribution in [3.8, 4) is 5.75 Å². The van der Waals surface area contributed by atoms with Gasteiger partial charge < -0.3 is 14.6 Å². The smallest absolute Gasteiger partial charge is 0.259 e. The third-order valence-electron chi connectivity index (χ3n) is 4.34. The summed E-state index contributed by atoms with van der Waals surface area (Å²) < 4.78 is 5.45. The molecule has 1 aliphatic rings. The Morgan fingerprint density at radius 3 is 3.00 bits per heavy atom. The zero-order valence-electron chi connectivity index (χ0n) is 13.6. The van der Waals surface area contributed by atoms with Crippen molar-refractivity contribution in [1.29, 1.82) is 0 Å². The predicted octanol–water partition coefficient (Wildman–Crippen LogP) is 2.80. The summed E-state index contributed by atoms with van der Waals surface area (Å²) in [6.45, 7) is 6.01. The first-order valence-corrected chi connectivity index (χ1v) is 8.17. The van der Waals surface area contributed by atoms with Crippen molar-refractivity contribution in [3.63, 3.8) is 0 Å². The van der Waals surface area contributed by atoms with E-state index in [-0.39, 0.29) is 16.9 Å². The number of fused-ring (bicyclic) bond motifs is 1. The van der Waals surface area contributed by atoms with E-state index in [9.17, 15) is 9.59 Å². The highest BCUT2D eigenvalue weighted by molar-refractivity contribution is 5.97. The fraction of sp³-hybridized carbons (Fsp3) is 0.444. The number of H-pyrrole nitrogens is 1. The highest BCUT2D eigenvalue weighted by atomic mass is 16.5.